The van der Waals surface area contributed by atoms with E-state index in [2.05, 4.69) is 17.4 Å². The van der Waals surface area contributed by atoms with E-state index in [0.717, 1.165) is 58.8 Å². The van der Waals surface area contributed by atoms with Gasteiger partial charge in [-0.3, -0.25) is 14.2 Å². The molecule has 8 heteroatoms. The van der Waals surface area contributed by atoms with Crippen molar-refractivity contribution in [3.05, 3.63) is 111 Å². The fourth-order valence-electron chi connectivity index (χ4n) is 5.46. The molecule has 0 aliphatic heterocycles. The summed E-state index contributed by atoms with van der Waals surface area (Å²) in [7, 11) is 1.44. The number of amidine groups is 1. The largest absolute Gasteiger partial charge is 0.493 e. The molecule has 1 N–H and O–H groups in total. The summed E-state index contributed by atoms with van der Waals surface area (Å²) in [5.74, 6) is 2.48. The van der Waals surface area contributed by atoms with Crippen LogP contribution in [0.1, 0.15) is 60.8 Å². The number of carbonyl (C=O) groups is 1. The second-order valence-corrected chi connectivity index (χ2v) is 10.9. The van der Waals surface area contributed by atoms with Crippen LogP contribution < -0.4 is 15.6 Å². The number of ether oxygens (including phenoxy) is 1. The lowest BCUT2D eigenvalue weighted by atomic mass is 9.86. The van der Waals surface area contributed by atoms with Gasteiger partial charge in [-0.1, -0.05) is 73.5 Å². The molecule has 222 valence electrons. The van der Waals surface area contributed by atoms with Gasteiger partial charge in [-0.15, -0.1) is 0 Å². The maximum atomic E-state index is 14.0. The second-order valence-electron chi connectivity index (χ2n) is 10.9. The highest BCUT2D eigenvalue weighted by Gasteiger charge is 2.19. The van der Waals surface area contributed by atoms with E-state index < -0.39 is 0 Å². The van der Waals surface area contributed by atoms with Crippen LogP contribution in [-0.2, 0) is 22.5 Å². The van der Waals surface area contributed by atoms with Crippen LogP contribution >= 0.6 is 0 Å². The summed E-state index contributed by atoms with van der Waals surface area (Å²) < 4.78 is 7.67. The van der Waals surface area contributed by atoms with Crippen LogP contribution in [0.25, 0.3) is 16.8 Å². The number of nitrogens with one attached hydrogen (secondary N) is 1. The molecule has 1 aromatic heterocycles. The summed E-state index contributed by atoms with van der Waals surface area (Å²) >= 11 is 0. The summed E-state index contributed by atoms with van der Waals surface area (Å²) in [5, 5.41) is 6.58. The Bertz CT molecular complexity index is 1640. The minimum Gasteiger partial charge on any atom is -0.493 e. The van der Waals surface area contributed by atoms with Crippen molar-refractivity contribution in [1.29, 1.82) is 0 Å². The minimum atomic E-state index is -0.0473. The third-order valence-electron chi connectivity index (χ3n) is 7.93. The lowest BCUT2D eigenvalue weighted by Crippen LogP contribution is -2.28. The minimum absolute atomic E-state index is 0.0473. The van der Waals surface area contributed by atoms with Crippen LogP contribution in [-0.4, -0.2) is 35.5 Å². The molecule has 0 saturated heterocycles. The number of nitrogens with zero attached hydrogens (tertiary/aromatic N) is 3. The Morgan fingerprint density at radius 1 is 1.07 bits per heavy atom. The average Bonchev–Trinajstić information content (AvgIpc) is 2.99. The van der Waals surface area contributed by atoms with E-state index in [4.69, 9.17) is 14.6 Å². The van der Waals surface area contributed by atoms with Gasteiger partial charge in [-0.2, -0.15) is 0 Å². The van der Waals surface area contributed by atoms with Gasteiger partial charge in [0.05, 0.1) is 18.0 Å². The smallest absolute Gasteiger partial charge is 0.261 e. The molecule has 1 amide bonds. The Hall–Kier alpha value is -4.72. The predicted octanol–water partition coefficient (Wildman–Crippen LogP) is 5.98. The van der Waals surface area contributed by atoms with Gasteiger partial charge in [0.25, 0.3) is 5.56 Å². The van der Waals surface area contributed by atoms with Crippen molar-refractivity contribution >= 4 is 12.2 Å². The van der Waals surface area contributed by atoms with Crippen LogP contribution in [0.2, 0.25) is 0 Å². The zero-order valence-electron chi connectivity index (χ0n) is 25.0. The number of aromatic nitrogens is 2. The summed E-state index contributed by atoms with van der Waals surface area (Å²) in [4.78, 5) is 35.0. The Morgan fingerprint density at radius 3 is 2.47 bits per heavy atom. The quantitative estimate of drug-likeness (QED) is 0.0965. The summed E-state index contributed by atoms with van der Waals surface area (Å²) in [6.07, 6.45) is 6.45. The maximum Gasteiger partial charge on any atom is 0.261 e. The van der Waals surface area contributed by atoms with Gasteiger partial charge in [0, 0.05) is 17.5 Å². The van der Waals surface area contributed by atoms with Gasteiger partial charge in [0.15, 0.2) is 5.84 Å². The van der Waals surface area contributed by atoms with Crippen molar-refractivity contribution in [3.8, 4) is 22.6 Å². The first kappa shape index (κ1) is 29.8. The number of hydrogen-bond donors (Lipinski definition) is 1. The van der Waals surface area contributed by atoms with Crippen molar-refractivity contribution in [2.24, 2.45) is 11.1 Å². The van der Waals surface area contributed by atoms with E-state index in [9.17, 15) is 9.59 Å². The molecular formula is C35H38N4O4. The molecule has 0 atom stereocenters. The highest BCUT2D eigenvalue weighted by Crippen LogP contribution is 2.28. The number of oxime groups is 1. The van der Waals surface area contributed by atoms with Gasteiger partial charge < -0.3 is 14.9 Å². The van der Waals surface area contributed by atoms with E-state index in [0.29, 0.717) is 36.0 Å². The highest BCUT2D eigenvalue weighted by atomic mass is 16.6. The number of rotatable bonds is 12. The number of amides is 1. The average molecular weight is 579 g/mol. The number of benzene rings is 3. The Balaban J connectivity index is 1.43. The van der Waals surface area contributed by atoms with E-state index in [1.165, 1.54) is 26.4 Å². The first-order valence-electron chi connectivity index (χ1n) is 14.9. The van der Waals surface area contributed by atoms with Gasteiger partial charge in [-0.05, 0) is 73.1 Å². The molecule has 4 aromatic rings. The molecule has 0 spiro atoms. The van der Waals surface area contributed by atoms with Crippen LogP contribution in [0.3, 0.4) is 0 Å². The predicted molar refractivity (Wildman–Crippen MR) is 169 cm³/mol. The first-order valence-corrected chi connectivity index (χ1v) is 14.9. The monoisotopic (exact) mass is 578 g/mol. The number of carbonyl (C=O) groups excluding carboxylic acids is 1. The lowest BCUT2D eigenvalue weighted by Gasteiger charge is -2.25. The van der Waals surface area contributed by atoms with E-state index in [-0.39, 0.29) is 5.56 Å². The number of hydrogen-bond acceptors (Lipinski definition) is 6. The zero-order valence-corrected chi connectivity index (χ0v) is 25.0. The third-order valence-corrected chi connectivity index (χ3v) is 7.93. The van der Waals surface area contributed by atoms with Gasteiger partial charge in [0.1, 0.15) is 18.7 Å². The fourth-order valence-corrected chi connectivity index (χ4v) is 5.46. The van der Waals surface area contributed by atoms with Crippen molar-refractivity contribution in [2.75, 3.05) is 13.7 Å². The highest BCUT2D eigenvalue weighted by molar-refractivity contribution is 6.08. The normalized spacial score (nSPS) is 13.3. The molecule has 0 unspecified atom stereocenters. The Morgan fingerprint density at radius 2 is 1.81 bits per heavy atom. The van der Waals surface area contributed by atoms with Gasteiger partial charge >= 0.3 is 0 Å². The van der Waals surface area contributed by atoms with Crippen LogP contribution in [0.4, 0.5) is 0 Å². The van der Waals surface area contributed by atoms with Crippen molar-refractivity contribution < 1.29 is 14.4 Å². The van der Waals surface area contributed by atoms with Crippen molar-refractivity contribution in [1.82, 2.24) is 14.9 Å². The first-order chi connectivity index (χ1) is 21.0. The van der Waals surface area contributed by atoms with Crippen LogP contribution in [0, 0.1) is 12.8 Å². The molecule has 1 aliphatic carbocycles. The summed E-state index contributed by atoms with van der Waals surface area (Å²) in [6, 6.07) is 23.5. The van der Waals surface area contributed by atoms with Crippen molar-refractivity contribution in [3.63, 3.8) is 0 Å². The van der Waals surface area contributed by atoms with E-state index in [1.54, 1.807) is 4.57 Å². The van der Waals surface area contributed by atoms with Gasteiger partial charge in [0.2, 0.25) is 6.41 Å². The lowest BCUT2D eigenvalue weighted by molar-refractivity contribution is -0.108. The molecule has 5 rings (SSSR count). The summed E-state index contributed by atoms with van der Waals surface area (Å²) in [5.41, 5.74) is 5.86. The number of aryl methyl sites for hydroxylation is 2. The molecule has 43 heavy (non-hydrogen) atoms. The molecule has 3 aromatic carbocycles. The zero-order chi connectivity index (χ0) is 30.2. The molecule has 0 radical (unpaired) electrons. The second kappa shape index (κ2) is 14.0. The Kier molecular flexibility index (Phi) is 9.66. The molecular weight excluding hydrogens is 540 g/mol. The standard InChI is InChI=1S/C35H38N4O4/c1-4-8-33-32(35(41)39(24(2)37-33)28-17-19-29(20-18-28)43-22-26-9-7-10-26)21-25-13-15-27(16-14-25)30-11-5-6-12-31(30)34(36-23-40)38-42-3/h5-6,11-20,23,26H,4,7-10,21-22H2,1-3H3,(H,36,38,40). The van der Waals surface area contributed by atoms with E-state index >= 15 is 0 Å². The third kappa shape index (κ3) is 6.85. The molecule has 8 nitrogen and oxygen atoms in total. The van der Waals surface area contributed by atoms with Gasteiger partial charge in [-0.25, -0.2) is 4.98 Å². The van der Waals surface area contributed by atoms with E-state index in [1.807, 2.05) is 79.7 Å². The topological polar surface area (TPSA) is 94.8 Å². The van der Waals surface area contributed by atoms with Crippen molar-refractivity contribution in [2.45, 2.75) is 52.4 Å². The molecule has 0 bridgehead atoms. The van der Waals surface area contributed by atoms with Crippen LogP contribution in [0.15, 0.2) is 82.7 Å². The molecule has 1 heterocycles. The SMILES string of the molecule is CCCc1nc(C)n(-c2ccc(OCC3CCC3)cc2)c(=O)c1Cc1ccc(-c2ccccc2/C(=N/OC)NC=O)cc1. The van der Waals surface area contributed by atoms with Crippen LogP contribution in [0.5, 0.6) is 5.75 Å². The molecule has 1 aliphatic rings. The fraction of sp³-hybridized carbons (Fsp3) is 0.314. The maximum absolute atomic E-state index is 14.0. The summed E-state index contributed by atoms with van der Waals surface area (Å²) in [6.45, 7) is 4.73. The Labute approximate surface area is 252 Å². The molecule has 1 fully saturated rings. The molecule has 1 saturated carbocycles.